The van der Waals surface area contributed by atoms with E-state index in [-0.39, 0.29) is 5.82 Å². The van der Waals surface area contributed by atoms with Crippen LogP contribution < -0.4 is 15.5 Å². The molecule has 2 aromatic rings. The van der Waals surface area contributed by atoms with Crippen LogP contribution in [0.5, 0.6) is 0 Å². The van der Waals surface area contributed by atoms with Gasteiger partial charge in [0.1, 0.15) is 18.1 Å². The second-order valence-electron chi connectivity index (χ2n) is 6.51. The zero-order valence-electron chi connectivity index (χ0n) is 15.8. The number of piperazine rings is 1. The first-order valence-electron chi connectivity index (χ1n) is 9.52. The fourth-order valence-electron chi connectivity index (χ4n) is 3.12. The predicted molar refractivity (Wildman–Crippen MR) is 107 cm³/mol. The molecule has 0 bridgehead atoms. The van der Waals surface area contributed by atoms with Crippen molar-refractivity contribution in [1.29, 1.82) is 0 Å². The largest absolute Gasteiger partial charge is 0.467 e. The first kappa shape index (κ1) is 19.2. The van der Waals surface area contributed by atoms with Gasteiger partial charge in [-0.25, -0.2) is 9.38 Å². The summed E-state index contributed by atoms with van der Waals surface area (Å²) in [6.07, 6.45) is 1.66. The number of rotatable bonds is 7. The molecule has 0 atom stereocenters. The monoisotopic (exact) mass is 373 g/mol. The topological polar surface area (TPSA) is 56.0 Å². The van der Waals surface area contributed by atoms with Crippen molar-refractivity contribution >= 4 is 11.6 Å². The minimum atomic E-state index is -0.186. The maximum absolute atomic E-state index is 13.1. The number of halogens is 1. The molecule has 1 fully saturated rings. The van der Waals surface area contributed by atoms with Crippen molar-refractivity contribution in [2.24, 2.45) is 4.99 Å². The Hall–Kier alpha value is -2.54. The van der Waals surface area contributed by atoms with Crippen molar-refractivity contribution in [3.8, 4) is 0 Å². The molecule has 2 N–H and O–H groups in total. The summed E-state index contributed by atoms with van der Waals surface area (Å²) in [7, 11) is 0. The van der Waals surface area contributed by atoms with Crippen LogP contribution >= 0.6 is 0 Å². The lowest BCUT2D eigenvalue weighted by Crippen LogP contribution is -2.49. The van der Waals surface area contributed by atoms with E-state index in [1.807, 2.05) is 24.3 Å². The molecule has 0 aliphatic carbocycles. The fourth-order valence-corrected chi connectivity index (χ4v) is 3.12. The second-order valence-corrected chi connectivity index (χ2v) is 6.51. The van der Waals surface area contributed by atoms with Crippen LogP contribution in [0.25, 0.3) is 0 Å². The SMILES string of the molecule is CCNC(=NCc1ccco1)NCCN1CCN(c2ccc(F)cc2)CC1. The van der Waals surface area contributed by atoms with Crippen molar-refractivity contribution in [3.63, 3.8) is 0 Å². The minimum absolute atomic E-state index is 0.186. The van der Waals surface area contributed by atoms with Crippen LogP contribution in [0.3, 0.4) is 0 Å². The Morgan fingerprint density at radius 2 is 1.89 bits per heavy atom. The van der Waals surface area contributed by atoms with Crippen molar-refractivity contribution in [3.05, 3.63) is 54.2 Å². The van der Waals surface area contributed by atoms with Gasteiger partial charge in [-0.2, -0.15) is 0 Å². The van der Waals surface area contributed by atoms with Gasteiger partial charge in [-0.3, -0.25) is 4.90 Å². The molecule has 0 spiro atoms. The van der Waals surface area contributed by atoms with Gasteiger partial charge < -0.3 is 20.0 Å². The molecule has 3 rings (SSSR count). The van der Waals surface area contributed by atoms with E-state index in [2.05, 4.69) is 32.3 Å². The summed E-state index contributed by atoms with van der Waals surface area (Å²) in [4.78, 5) is 9.28. The molecule has 0 amide bonds. The molecule has 146 valence electrons. The third kappa shape index (κ3) is 5.99. The van der Waals surface area contributed by atoms with E-state index >= 15 is 0 Å². The molecule has 6 nitrogen and oxygen atoms in total. The van der Waals surface area contributed by atoms with E-state index < -0.39 is 0 Å². The van der Waals surface area contributed by atoms with E-state index in [9.17, 15) is 4.39 Å². The zero-order valence-corrected chi connectivity index (χ0v) is 15.8. The van der Waals surface area contributed by atoms with Crippen molar-refractivity contribution in [2.75, 3.05) is 50.7 Å². The lowest BCUT2D eigenvalue weighted by Gasteiger charge is -2.36. The number of guanidine groups is 1. The lowest BCUT2D eigenvalue weighted by molar-refractivity contribution is 0.261. The zero-order chi connectivity index (χ0) is 18.9. The maximum Gasteiger partial charge on any atom is 0.191 e. The normalized spacial score (nSPS) is 15.8. The van der Waals surface area contributed by atoms with Crippen LogP contribution in [0.15, 0.2) is 52.1 Å². The van der Waals surface area contributed by atoms with Gasteiger partial charge >= 0.3 is 0 Å². The molecule has 0 radical (unpaired) electrons. The van der Waals surface area contributed by atoms with E-state index in [1.54, 1.807) is 6.26 Å². The summed E-state index contributed by atoms with van der Waals surface area (Å²) in [6.45, 7) is 9.11. The molecule has 7 heteroatoms. The van der Waals surface area contributed by atoms with Crippen LogP contribution in [0.4, 0.5) is 10.1 Å². The van der Waals surface area contributed by atoms with Gasteiger partial charge in [0.05, 0.1) is 6.26 Å². The second kappa shape index (κ2) is 9.97. The molecule has 1 saturated heterocycles. The number of furan rings is 1. The molecule has 0 saturated carbocycles. The van der Waals surface area contributed by atoms with Gasteiger partial charge in [-0.05, 0) is 43.3 Å². The molecule has 27 heavy (non-hydrogen) atoms. The van der Waals surface area contributed by atoms with E-state index in [0.717, 1.165) is 63.2 Å². The molecule has 1 aromatic heterocycles. The highest BCUT2D eigenvalue weighted by Crippen LogP contribution is 2.16. The Morgan fingerprint density at radius 1 is 1.11 bits per heavy atom. The van der Waals surface area contributed by atoms with Crippen molar-refractivity contribution in [2.45, 2.75) is 13.5 Å². The smallest absolute Gasteiger partial charge is 0.191 e. The molecular formula is C20H28FN5O. The van der Waals surface area contributed by atoms with Gasteiger partial charge in [0.15, 0.2) is 5.96 Å². The first-order chi connectivity index (χ1) is 13.2. The summed E-state index contributed by atoms with van der Waals surface area (Å²) < 4.78 is 18.4. The lowest BCUT2D eigenvalue weighted by atomic mass is 10.2. The van der Waals surface area contributed by atoms with E-state index in [4.69, 9.17) is 4.42 Å². The highest BCUT2D eigenvalue weighted by molar-refractivity contribution is 5.79. The summed E-state index contributed by atoms with van der Waals surface area (Å²) in [6, 6.07) is 10.5. The number of benzene rings is 1. The number of hydrogen-bond donors (Lipinski definition) is 2. The number of anilines is 1. The Kier molecular flexibility index (Phi) is 7.10. The van der Waals surface area contributed by atoms with E-state index in [1.165, 1.54) is 12.1 Å². The summed E-state index contributed by atoms with van der Waals surface area (Å²) in [5.41, 5.74) is 1.09. The highest BCUT2D eigenvalue weighted by atomic mass is 19.1. The van der Waals surface area contributed by atoms with Crippen LogP contribution in [0.1, 0.15) is 12.7 Å². The van der Waals surface area contributed by atoms with Gasteiger partial charge in [0, 0.05) is 51.5 Å². The summed E-state index contributed by atoms with van der Waals surface area (Å²) >= 11 is 0. The van der Waals surface area contributed by atoms with Gasteiger partial charge in [0.25, 0.3) is 0 Å². The number of hydrogen-bond acceptors (Lipinski definition) is 4. The quantitative estimate of drug-likeness (QED) is 0.576. The third-order valence-corrected chi connectivity index (χ3v) is 4.60. The number of nitrogens with zero attached hydrogens (tertiary/aromatic N) is 3. The number of aliphatic imine (C=N–C) groups is 1. The van der Waals surface area contributed by atoms with Gasteiger partial charge in [0.2, 0.25) is 0 Å². The third-order valence-electron chi connectivity index (χ3n) is 4.60. The van der Waals surface area contributed by atoms with Crippen molar-refractivity contribution in [1.82, 2.24) is 15.5 Å². The minimum Gasteiger partial charge on any atom is -0.467 e. The van der Waals surface area contributed by atoms with Crippen LogP contribution in [0.2, 0.25) is 0 Å². The molecule has 0 unspecified atom stereocenters. The molecular weight excluding hydrogens is 345 g/mol. The Morgan fingerprint density at radius 3 is 2.56 bits per heavy atom. The number of nitrogens with one attached hydrogen (secondary N) is 2. The molecule has 1 aliphatic rings. The average Bonchev–Trinajstić information content (AvgIpc) is 3.21. The Bertz CT molecular complexity index is 694. The molecule has 1 aromatic carbocycles. The van der Waals surface area contributed by atoms with Crippen LogP contribution in [-0.2, 0) is 6.54 Å². The van der Waals surface area contributed by atoms with Gasteiger partial charge in [-0.15, -0.1) is 0 Å². The Labute approximate surface area is 160 Å². The van der Waals surface area contributed by atoms with Crippen molar-refractivity contribution < 1.29 is 8.81 Å². The van der Waals surface area contributed by atoms with Crippen LogP contribution in [0, 0.1) is 5.82 Å². The maximum atomic E-state index is 13.1. The fraction of sp³-hybridized carbons (Fsp3) is 0.450. The highest BCUT2D eigenvalue weighted by Gasteiger charge is 2.16. The standard InChI is InChI=1S/C20H28FN5O/c1-2-22-20(24-16-19-4-3-15-27-19)23-9-10-25-11-13-26(14-12-25)18-7-5-17(21)6-8-18/h3-8,15H,2,9-14,16H2,1H3,(H2,22,23,24). The molecule has 1 aliphatic heterocycles. The van der Waals surface area contributed by atoms with Crippen LogP contribution in [-0.4, -0.2) is 56.7 Å². The van der Waals surface area contributed by atoms with E-state index in [0.29, 0.717) is 6.54 Å². The first-order valence-corrected chi connectivity index (χ1v) is 9.52. The van der Waals surface area contributed by atoms with Gasteiger partial charge in [-0.1, -0.05) is 0 Å². The summed E-state index contributed by atoms with van der Waals surface area (Å²) in [5.74, 6) is 1.47. The average molecular weight is 373 g/mol. The Balaban J connectivity index is 1.39. The summed E-state index contributed by atoms with van der Waals surface area (Å²) in [5, 5.41) is 6.64. The molecule has 2 heterocycles. The predicted octanol–water partition coefficient (Wildman–Crippen LogP) is 2.30.